The topological polar surface area (TPSA) is 75.6 Å². The number of carbonyl (C=O) groups excluding carboxylic acids is 2. The van der Waals surface area contributed by atoms with Crippen molar-refractivity contribution in [3.05, 3.63) is 0 Å². The van der Waals surface area contributed by atoms with Gasteiger partial charge >= 0.3 is 18.1 Å². The number of carbonyl (C=O) groups is 2. The number of ether oxygens (including phenoxy) is 1. The highest BCUT2D eigenvalue weighted by Crippen LogP contribution is 2.15. The van der Waals surface area contributed by atoms with Crippen molar-refractivity contribution >= 4 is 11.9 Å². The summed E-state index contributed by atoms with van der Waals surface area (Å²) in [7, 11) is 0. The lowest BCUT2D eigenvalue weighted by atomic mass is 10.2. The Hall–Kier alpha value is -1.31. The van der Waals surface area contributed by atoms with E-state index in [9.17, 15) is 22.8 Å². The molecule has 0 aromatic rings. The largest absolute Gasteiger partial charge is 0.471 e. The van der Waals surface area contributed by atoms with Gasteiger partial charge in [-0.1, -0.05) is 6.92 Å². The van der Waals surface area contributed by atoms with Gasteiger partial charge in [0.25, 0.3) is 0 Å². The molecule has 0 aliphatic carbocycles. The molecule has 17 heavy (non-hydrogen) atoms. The van der Waals surface area contributed by atoms with Crippen LogP contribution in [-0.4, -0.2) is 41.9 Å². The van der Waals surface area contributed by atoms with Crippen molar-refractivity contribution in [1.82, 2.24) is 5.32 Å². The normalized spacial score (nSPS) is 14.9. The second kappa shape index (κ2) is 6.43. The molecule has 0 fully saturated rings. The Balaban J connectivity index is 4.55. The van der Waals surface area contributed by atoms with Crippen molar-refractivity contribution in [2.45, 2.75) is 38.6 Å². The lowest BCUT2D eigenvalue weighted by Gasteiger charge is -2.20. The maximum atomic E-state index is 11.9. The molecular weight excluding hydrogens is 243 g/mol. The van der Waals surface area contributed by atoms with Crippen LogP contribution in [0.4, 0.5) is 13.2 Å². The van der Waals surface area contributed by atoms with Gasteiger partial charge in [-0.05, 0) is 13.3 Å². The standard InChI is InChI=1S/C9H14F3NO4/c1-3-4-17-7(15)6(5(2)14)13-8(16)9(10,11)12/h5-6,14H,3-4H2,1-2H3,(H,13,16)/t5-,6+/m1/s1. The van der Waals surface area contributed by atoms with Crippen LogP contribution in [0.2, 0.25) is 0 Å². The van der Waals surface area contributed by atoms with Crippen molar-refractivity contribution in [2.24, 2.45) is 0 Å². The SMILES string of the molecule is CCCOC(=O)[C@@H](NC(=O)C(F)(F)F)[C@@H](C)O. The van der Waals surface area contributed by atoms with E-state index in [-0.39, 0.29) is 6.61 Å². The van der Waals surface area contributed by atoms with Gasteiger partial charge in [-0.3, -0.25) is 4.79 Å². The Morgan fingerprint density at radius 2 is 1.94 bits per heavy atom. The minimum atomic E-state index is -5.11. The Bertz CT molecular complexity index is 278. The van der Waals surface area contributed by atoms with Crippen molar-refractivity contribution in [3.8, 4) is 0 Å². The summed E-state index contributed by atoms with van der Waals surface area (Å²) >= 11 is 0. The number of halogens is 3. The van der Waals surface area contributed by atoms with Gasteiger partial charge in [0.2, 0.25) is 0 Å². The molecule has 0 radical (unpaired) electrons. The van der Waals surface area contributed by atoms with Gasteiger partial charge < -0.3 is 15.2 Å². The first kappa shape index (κ1) is 15.7. The molecule has 1 amide bonds. The highest BCUT2D eigenvalue weighted by atomic mass is 19.4. The van der Waals surface area contributed by atoms with Gasteiger partial charge in [-0.15, -0.1) is 0 Å². The number of aliphatic hydroxyl groups is 1. The molecule has 0 aliphatic heterocycles. The fraction of sp³-hybridized carbons (Fsp3) is 0.778. The number of amides is 1. The zero-order chi connectivity index (χ0) is 13.6. The van der Waals surface area contributed by atoms with Crippen LogP contribution in [0.15, 0.2) is 0 Å². The van der Waals surface area contributed by atoms with Gasteiger partial charge in [0.1, 0.15) is 0 Å². The first-order valence-corrected chi connectivity index (χ1v) is 4.92. The van der Waals surface area contributed by atoms with E-state index in [1.165, 1.54) is 5.32 Å². The van der Waals surface area contributed by atoms with E-state index in [2.05, 4.69) is 4.74 Å². The highest BCUT2D eigenvalue weighted by molar-refractivity contribution is 5.87. The molecule has 0 saturated carbocycles. The molecule has 0 rings (SSSR count). The second-order valence-corrected chi connectivity index (χ2v) is 3.36. The summed E-state index contributed by atoms with van der Waals surface area (Å²) in [6.07, 6.45) is -6.12. The monoisotopic (exact) mass is 257 g/mol. The molecule has 0 unspecified atom stereocenters. The predicted octanol–water partition coefficient (Wildman–Crippen LogP) is 0.367. The van der Waals surface area contributed by atoms with E-state index in [1.54, 1.807) is 6.92 Å². The Kier molecular flexibility index (Phi) is 5.94. The van der Waals surface area contributed by atoms with Gasteiger partial charge in [0.05, 0.1) is 12.7 Å². The lowest BCUT2D eigenvalue weighted by molar-refractivity contribution is -0.177. The first-order chi connectivity index (χ1) is 7.70. The molecule has 0 spiro atoms. The molecule has 0 aliphatic rings. The summed E-state index contributed by atoms with van der Waals surface area (Å²) in [5, 5.41) is 10.5. The average Bonchev–Trinajstić information content (AvgIpc) is 2.20. The molecule has 5 nitrogen and oxygen atoms in total. The van der Waals surface area contributed by atoms with Gasteiger partial charge in [0, 0.05) is 0 Å². The fourth-order valence-corrected chi connectivity index (χ4v) is 0.892. The van der Waals surface area contributed by atoms with E-state index in [0.29, 0.717) is 6.42 Å². The van der Waals surface area contributed by atoms with Crippen molar-refractivity contribution in [3.63, 3.8) is 0 Å². The third-order valence-electron chi connectivity index (χ3n) is 1.73. The molecule has 0 saturated heterocycles. The van der Waals surface area contributed by atoms with Gasteiger partial charge in [-0.2, -0.15) is 13.2 Å². The molecule has 2 N–H and O–H groups in total. The molecular formula is C9H14F3NO4. The molecule has 0 aromatic heterocycles. The van der Waals surface area contributed by atoms with Crippen LogP contribution in [0.1, 0.15) is 20.3 Å². The number of aliphatic hydroxyl groups excluding tert-OH is 1. The number of nitrogens with one attached hydrogen (secondary N) is 1. The van der Waals surface area contributed by atoms with E-state index in [0.717, 1.165) is 6.92 Å². The highest BCUT2D eigenvalue weighted by Gasteiger charge is 2.42. The summed E-state index contributed by atoms with van der Waals surface area (Å²) in [5.41, 5.74) is 0. The van der Waals surface area contributed by atoms with Crippen LogP contribution in [0.25, 0.3) is 0 Å². The fourth-order valence-electron chi connectivity index (χ4n) is 0.892. The zero-order valence-electron chi connectivity index (χ0n) is 9.37. The van der Waals surface area contributed by atoms with E-state index in [4.69, 9.17) is 5.11 Å². The van der Waals surface area contributed by atoms with Crippen LogP contribution in [0.5, 0.6) is 0 Å². The molecule has 100 valence electrons. The predicted molar refractivity (Wildman–Crippen MR) is 50.9 cm³/mol. The van der Waals surface area contributed by atoms with Gasteiger partial charge in [0.15, 0.2) is 6.04 Å². The maximum absolute atomic E-state index is 11.9. The number of alkyl halides is 3. The summed E-state index contributed by atoms with van der Waals surface area (Å²) in [5.74, 6) is -3.39. The van der Waals surface area contributed by atoms with E-state index in [1.807, 2.05) is 0 Å². The summed E-state index contributed by atoms with van der Waals surface area (Å²) in [4.78, 5) is 21.8. The quantitative estimate of drug-likeness (QED) is 0.698. The third-order valence-corrected chi connectivity index (χ3v) is 1.73. The average molecular weight is 257 g/mol. The van der Waals surface area contributed by atoms with Crippen molar-refractivity contribution in [2.75, 3.05) is 6.61 Å². The van der Waals surface area contributed by atoms with Gasteiger partial charge in [-0.25, -0.2) is 4.79 Å². The molecule has 0 bridgehead atoms. The van der Waals surface area contributed by atoms with Crippen LogP contribution >= 0.6 is 0 Å². The Morgan fingerprint density at radius 1 is 1.41 bits per heavy atom. The number of rotatable bonds is 5. The number of esters is 1. The minimum absolute atomic E-state index is 0.00391. The first-order valence-electron chi connectivity index (χ1n) is 4.92. The second-order valence-electron chi connectivity index (χ2n) is 3.36. The zero-order valence-corrected chi connectivity index (χ0v) is 9.37. The van der Waals surface area contributed by atoms with Crippen molar-refractivity contribution < 1.29 is 32.6 Å². The van der Waals surface area contributed by atoms with E-state index < -0.39 is 30.2 Å². The Labute approximate surface area is 95.9 Å². The van der Waals surface area contributed by atoms with Crippen LogP contribution in [0.3, 0.4) is 0 Å². The molecule has 0 heterocycles. The maximum Gasteiger partial charge on any atom is 0.471 e. The number of hydrogen-bond donors (Lipinski definition) is 2. The molecule has 0 aromatic carbocycles. The van der Waals surface area contributed by atoms with Crippen LogP contribution in [-0.2, 0) is 14.3 Å². The van der Waals surface area contributed by atoms with Crippen LogP contribution in [0, 0.1) is 0 Å². The Morgan fingerprint density at radius 3 is 2.29 bits per heavy atom. The van der Waals surface area contributed by atoms with Crippen molar-refractivity contribution in [1.29, 1.82) is 0 Å². The summed E-state index contributed by atoms with van der Waals surface area (Å²) in [6, 6.07) is -1.73. The smallest absolute Gasteiger partial charge is 0.464 e. The third kappa shape index (κ3) is 5.53. The van der Waals surface area contributed by atoms with E-state index >= 15 is 0 Å². The van der Waals surface area contributed by atoms with Crippen LogP contribution < -0.4 is 5.32 Å². The lowest BCUT2D eigenvalue weighted by Crippen LogP contribution is -2.52. The number of hydrogen-bond acceptors (Lipinski definition) is 4. The molecule has 8 heteroatoms. The summed E-state index contributed by atoms with van der Waals surface area (Å²) in [6.45, 7) is 2.78. The molecule has 2 atom stereocenters. The minimum Gasteiger partial charge on any atom is -0.464 e. The summed E-state index contributed by atoms with van der Waals surface area (Å²) < 4.78 is 40.4.